The standard InChI is InChI=1S/C9H17N3O.C2HF3O2/c1-8(13)12-5-4-11-3-2-10-6-9(11)7-12;3-2(4,5)1(6)7/h9-10H,2-7H2,1H3;(H,6,7). The minimum atomic E-state index is -5.08. The number of rotatable bonds is 0. The molecule has 20 heavy (non-hydrogen) atoms. The van der Waals surface area contributed by atoms with Crippen LogP contribution in [0.3, 0.4) is 0 Å². The van der Waals surface area contributed by atoms with Crippen molar-refractivity contribution < 1.29 is 27.9 Å². The predicted octanol–water partition coefficient (Wildman–Crippen LogP) is -0.244. The zero-order chi connectivity index (χ0) is 15.3. The third-order valence-electron chi connectivity index (χ3n) is 3.25. The topological polar surface area (TPSA) is 72.9 Å². The Bertz CT molecular complexity index is 363. The highest BCUT2D eigenvalue weighted by Gasteiger charge is 2.38. The lowest BCUT2D eigenvalue weighted by molar-refractivity contribution is -0.192. The molecular weight excluding hydrogens is 279 g/mol. The summed E-state index contributed by atoms with van der Waals surface area (Å²) in [7, 11) is 0. The van der Waals surface area contributed by atoms with Gasteiger partial charge in [-0.2, -0.15) is 13.2 Å². The highest BCUT2D eigenvalue weighted by molar-refractivity contribution is 5.73. The Kier molecular flexibility index (Phi) is 5.75. The van der Waals surface area contributed by atoms with E-state index in [-0.39, 0.29) is 5.91 Å². The van der Waals surface area contributed by atoms with E-state index in [4.69, 9.17) is 9.90 Å². The summed E-state index contributed by atoms with van der Waals surface area (Å²) in [6.45, 7) is 7.78. The molecule has 2 N–H and O–H groups in total. The minimum absolute atomic E-state index is 0.213. The number of halogens is 3. The lowest BCUT2D eigenvalue weighted by atomic mass is 10.1. The van der Waals surface area contributed by atoms with Crippen molar-refractivity contribution in [3.8, 4) is 0 Å². The number of hydrogen-bond acceptors (Lipinski definition) is 4. The Morgan fingerprint density at radius 2 is 1.85 bits per heavy atom. The molecule has 2 fully saturated rings. The molecule has 1 amide bonds. The van der Waals surface area contributed by atoms with E-state index in [1.165, 1.54) is 0 Å². The highest BCUT2D eigenvalue weighted by Crippen LogP contribution is 2.13. The second-order valence-corrected chi connectivity index (χ2v) is 4.66. The van der Waals surface area contributed by atoms with Crippen molar-refractivity contribution in [1.29, 1.82) is 0 Å². The Balaban J connectivity index is 0.000000246. The number of hydrogen-bond donors (Lipinski definition) is 2. The van der Waals surface area contributed by atoms with Crippen LogP contribution in [0.1, 0.15) is 6.92 Å². The van der Waals surface area contributed by atoms with Gasteiger partial charge < -0.3 is 15.3 Å². The molecule has 2 rings (SSSR count). The van der Waals surface area contributed by atoms with Gasteiger partial charge in [0.1, 0.15) is 0 Å². The van der Waals surface area contributed by atoms with Gasteiger partial charge in [-0.3, -0.25) is 9.69 Å². The zero-order valence-electron chi connectivity index (χ0n) is 11.1. The van der Waals surface area contributed by atoms with Gasteiger partial charge in [0, 0.05) is 52.2 Å². The summed E-state index contributed by atoms with van der Waals surface area (Å²) >= 11 is 0. The molecule has 0 spiro atoms. The molecule has 2 aliphatic heterocycles. The van der Waals surface area contributed by atoms with Crippen molar-refractivity contribution in [1.82, 2.24) is 15.1 Å². The number of alkyl halides is 3. The largest absolute Gasteiger partial charge is 0.490 e. The number of carboxylic acid groups (broad SMARTS) is 1. The molecule has 0 bridgehead atoms. The SMILES string of the molecule is CC(=O)N1CCN2CCNCC2C1.O=C(O)C(F)(F)F. The van der Waals surface area contributed by atoms with Gasteiger partial charge in [0.05, 0.1) is 0 Å². The van der Waals surface area contributed by atoms with E-state index in [0.717, 1.165) is 39.3 Å². The molecule has 0 aromatic carbocycles. The first-order valence-electron chi connectivity index (χ1n) is 6.22. The Morgan fingerprint density at radius 3 is 2.35 bits per heavy atom. The Hall–Kier alpha value is -1.35. The molecule has 6 nitrogen and oxygen atoms in total. The fourth-order valence-electron chi connectivity index (χ4n) is 2.16. The summed E-state index contributed by atoms with van der Waals surface area (Å²) in [5, 5.41) is 10.5. The number of carboxylic acids is 1. The molecule has 0 aromatic heterocycles. The second kappa shape index (κ2) is 6.89. The van der Waals surface area contributed by atoms with Crippen molar-refractivity contribution >= 4 is 11.9 Å². The quantitative estimate of drug-likeness (QED) is 0.645. The number of piperazine rings is 2. The average molecular weight is 297 g/mol. The van der Waals surface area contributed by atoms with E-state index in [1.54, 1.807) is 6.92 Å². The molecule has 9 heteroatoms. The van der Waals surface area contributed by atoms with Crippen LogP contribution in [0.4, 0.5) is 13.2 Å². The molecule has 0 saturated carbocycles. The lowest BCUT2D eigenvalue weighted by Crippen LogP contribution is -2.61. The lowest BCUT2D eigenvalue weighted by Gasteiger charge is -2.43. The molecule has 1 unspecified atom stereocenters. The van der Waals surface area contributed by atoms with Crippen LogP contribution in [-0.2, 0) is 9.59 Å². The van der Waals surface area contributed by atoms with Crippen molar-refractivity contribution in [3.05, 3.63) is 0 Å². The summed E-state index contributed by atoms with van der Waals surface area (Å²) in [4.78, 5) is 24.5. The third-order valence-corrected chi connectivity index (χ3v) is 3.25. The summed E-state index contributed by atoms with van der Waals surface area (Å²) in [5.74, 6) is -2.54. The molecular formula is C11H18F3N3O3. The van der Waals surface area contributed by atoms with Crippen LogP contribution < -0.4 is 5.32 Å². The van der Waals surface area contributed by atoms with E-state index >= 15 is 0 Å². The highest BCUT2D eigenvalue weighted by atomic mass is 19.4. The fraction of sp³-hybridized carbons (Fsp3) is 0.818. The molecule has 2 aliphatic rings. The van der Waals surface area contributed by atoms with E-state index in [0.29, 0.717) is 6.04 Å². The number of amides is 1. The van der Waals surface area contributed by atoms with Gasteiger partial charge in [-0.15, -0.1) is 0 Å². The molecule has 0 aliphatic carbocycles. The number of nitrogens with zero attached hydrogens (tertiary/aromatic N) is 2. The Labute approximate surface area is 114 Å². The maximum atomic E-state index is 11.2. The molecule has 2 saturated heterocycles. The van der Waals surface area contributed by atoms with Crippen LogP contribution in [0, 0.1) is 0 Å². The van der Waals surface area contributed by atoms with Gasteiger partial charge >= 0.3 is 12.1 Å². The maximum Gasteiger partial charge on any atom is 0.490 e. The van der Waals surface area contributed by atoms with Gasteiger partial charge in [0.25, 0.3) is 0 Å². The van der Waals surface area contributed by atoms with Crippen molar-refractivity contribution in [2.24, 2.45) is 0 Å². The maximum absolute atomic E-state index is 11.2. The summed E-state index contributed by atoms with van der Waals surface area (Å²) < 4.78 is 31.7. The van der Waals surface area contributed by atoms with Crippen LogP contribution in [0.15, 0.2) is 0 Å². The Morgan fingerprint density at radius 1 is 1.25 bits per heavy atom. The van der Waals surface area contributed by atoms with Gasteiger partial charge in [0.15, 0.2) is 0 Å². The number of aliphatic carboxylic acids is 1. The van der Waals surface area contributed by atoms with Crippen molar-refractivity contribution in [3.63, 3.8) is 0 Å². The molecule has 2 heterocycles. The zero-order valence-corrected chi connectivity index (χ0v) is 11.1. The second-order valence-electron chi connectivity index (χ2n) is 4.66. The summed E-state index contributed by atoms with van der Waals surface area (Å²) in [6, 6.07) is 0.548. The fourth-order valence-corrected chi connectivity index (χ4v) is 2.16. The monoisotopic (exact) mass is 297 g/mol. The molecule has 116 valence electrons. The van der Waals surface area contributed by atoms with Gasteiger partial charge in [0.2, 0.25) is 5.91 Å². The van der Waals surface area contributed by atoms with Crippen molar-refractivity contribution in [2.75, 3.05) is 39.3 Å². The van der Waals surface area contributed by atoms with E-state index in [1.807, 2.05) is 4.90 Å². The first-order chi connectivity index (χ1) is 9.21. The van der Waals surface area contributed by atoms with E-state index in [2.05, 4.69) is 10.2 Å². The average Bonchev–Trinajstić information content (AvgIpc) is 2.37. The van der Waals surface area contributed by atoms with E-state index in [9.17, 15) is 18.0 Å². The van der Waals surface area contributed by atoms with E-state index < -0.39 is 12.1 Å². The van der Waals surface area contributed by atoms with Crippen LogP contribution in [-0.4, -0.2) is 78.3 Å². The van der Waals surface area contributed by atoms with Crippen LogP contribution >= 0.6 is 0 Å². The number of fused-ring (bicyclic) bond motifs is 1. The number of nitrogens with one attached hydrogen (secondary N) is 1. The van der Waals surface area contributed by atoms with Gasteiger partial charge in [-0.25, -0.2) is 4.79 Å². The smallest absolute Gasteiger partial charge is 0.475 e. The predicted molar refractivity (Wildman–Crippen MR) is 64.2 cm³/mol. The molecule has 1 atom stereocenters. The third kappa shape index (κ3) is 4.97. The number of carbonyl (C=O) groups is 2. The summed E-state index contributed by atoms with van der Waals surface area (Å²) in [6.07, 6.45) is -5.08. The molecule has 0 aromatic rings. The van der Waals surface area contributed by atoms with Crippen LogP contribution in [0.25, 0.3) is 0 Å². The van der Waals surface area contributed by atoms with Crippen LogP contribution in [0.2, 0.25) is 0 Å². The first-order valence-corrected chi connectivity index (χ1v) is 6.22. The minimum Gasteiger partial charge on any atom is -0.475 e. The van der Waals surface area contributed by atoms with Gasteiger partial charge in [-0.1, -0.05) is 0 Å². The van der Waals surface area contributed by atoms with Crippen LogP contribution in [0.5, 0.6) is 0 Å². The van der Waals surface area contributed by atoms with Gasteiger partial charge in [-0.05, 0) is 0 Å². The normalized spacial score (nSPS) is 23.4. The molecule has 0 radical (unpaired) electrons. The number of carbonyl (C=O) groups excluding carboxylic acids is 1. The summed E-state index contributed by atoms with van der Waals surface area (Å²) in [5.41, 5.74) is 0. The first kappa shape index (κ1) is 16.7. The van der Waals surface area contributed by atoms with Crippen molar-refractivity contribution in [2.45, 2.75) is 19.1 Å².